The number of amides is 1. The van der Waals surface area contributed by atoms with Crippen LogP contribution in [0.1, 0.15) is 36.0 Å². The average molecular weight is 331 g/mol. The topological polar surface area (TPSA) is 75.4 Å². The number of halogens is 2. The van der Waals surface area contributed by atoms with E-state index in [4.69, 9.17) is 5.73 Å². The van der Waals surface area contributed by atoms with Crippen molar-refractivity contribution in [2.24, 2.45) is 0 Å². The highest BCUT2D eigenvalue weighted by Crippen LogP contribution is 2.24. The predicted molar refractivity (Wildman–Crippen MR) is 74.2 cm³/mol. The Labute approximate surface area is 119 Å². The summed E-state index contributed by atoms with van der Waals surface area (Å²) < 4.78 is 13.6. The smallest absolute Gasteiger partial charge is 0.252 e. The van der Waals surface area contributed by atoms with Crippen molar-refractivity contribution >= 4 is 27.5 Å². The van der Waals surface area contributed by atoms with Gasteiger partial charge in [0, 0.05) is 4.47 Å². The second kappa shape index (κ2) is 5.88. The highest BCUT2D eigenvalue weighted by molar-refractivity contribution is 9.10. The van der Waals surface area contributed by atoms with Crippen LogP contribution in [-0.4, -0.2) is 23.2 Å². The zero-order chi connectivity index (χ0) is 14.0. The van der Waals surface area contributed by atoms with Crippen molar-refractivity contribution in [3.8, 4) is 0 Å². The molecule has 104 valence electrons. The van der Waals surface area contributed by atoms with Crippen molar-refractivity contribution in [2.45, 2.75) is 37.8 Å². The maximum absolute atomic E-state index is 13.2. The third-order valence-corrected chi connectivity index (χ3v) is 4.03. The summed E-state index contributed by atoms with van der Waals surface area (Å²) in [7, 11) is 0. The molecule has 0 heterocycles. The van der Waals surface area contributed by atoms with Gasteiger partial charge in [-0.3, -0.25) is 4.79 Å². The van der Waals surface area contributed by atoms with Crippen LogP contribution < -0.4 is 11.1 Å². The summed E-state index contributed by atoms with van der Waals surface area (Å²) in [5.74, 6) is -0.925. The summed E-state index contributed by atoms with van der Waals surface area (Å²) in [5, 5.41) is 12.6. The molecule has 0 spiro atoms. The Hall–Kier alpha value is -1.14. The Bertz CT molecular complexity index is 496. The lowest BCUT2D eigenvalue weighted by Crippen LogP contribution is -2.45. The molecule has 0 saturated heterocycles. The van der Waals surface area contributed by atoms with Crippen molar-refractivity contribution in [3.05, 3.63) is 28.0 Å². The van der Waals surface area contributed by atoms with E-state index in [2.05, 4.69) is 21.2 Å². The number of rotatable bonds is 2. The summed E-state index contributed by atoms with van der Waals surface area (Å²) in [4.78, 5) is 12.1. The molecule has 2 rings (SSSR count). The number of hydrogen-bond acceptors (Lipinski definition) is 3. The van der Waals surface area contributed by atoms with Crippen LogP contribution in [-0.2, 0) is 0 Å². The molecule has 6 heteroatoms. The molecule has 1 fully saturated rings. The fraction of sp³-hybridized carbons (Fsp3) is 0.462. The summed E-state index contributed by atoms with van der Waals surface area (Å²) in [5.41, 5.74) is 5.67. The first-order chi connectivity index (χ1) is 8.99. The molecule has 1 saturated carbocycles. The molecule has 19 heavy (non-hydrogen) atoms. The van der Waals surface area contributed by atoms with Gasteiger partial charge in [-0.05, 0) is 40.9 Å². The van der Waals surface area contributed by atoms with Gasteiger partial charge in [-0.15, -0.1) is 0 Å². The number of nitrogen functional groups attached to an aromatic ring is 1. The number of anilines is 1. The Kier molecular flexibility index (Phi) is 4.42. The lowest BCUT2D eigenvalue weighted by Gasteiger charge is -2.28. The van der Waals surface area contributed by atoms with Gasteiger partial charge < -0.3 is 16.2 Å². The summed E-state index contributed by atoms with van der Waals surface area (Å²) in [6.07, 6.45) is 2.88. The number of nitrogens with one attached hydrogen (secondary N) is 1. The van der Waals surface area contributed by atoms with Gasteiger partial charge in [0.05, 0.1) is 23.4 Å². The van der Waals surface area contributed by atoms with Gasteiger partial charge in [-0.25, -0.2) is 4.39 Å². The molecule has 4 N–H and O–H groups in total. The predicted octanol–water partition coefficient (Wildman–Crippen LogP) is 2.20. The molecule has 0 unspecified atom stereocenters. The normalized spacial score (nSPS) is 23.1. The summed E-state index contributed by atoms with van der Waals surface area (Å²) >= 11 is 3.14. The van der Waals surface area contributed by atoms with Crippen LogP contribution in [0.25, 0.3) is 0 Å². The number of carbonyl (C=O) groups is 1. The monoisotopic (exact) mass is 330 g/mol. The summed E-state index contributed by atoms with van der Waals surface area (Å²) in [6, 6.07) is 2.21. The van der Waals surface area contributed by atoms with Crippen molar-refractivity contribution in [3.63, 3.8) is 0 Å². The van der Waals surface area contributed by atoms with Gasteiger partial charge in [0.15, 0.2) is 0 Å². The Balaban J connectivity index is 2.13. The third kappa shape index (κ3) is 3.25. The SMILES string of the molecule is Nc1cc(C(=O)N[C@H]2CCCC[C@@H]2O)c(Br)cc1F. The molecular weight excluding hydrogens is 315 g/mol. The lowest BCUT2D eigenvalue weighted by molar-refractivity contribution is 0.0716. The maximum atomic E-state index is 13.2. The van der Waals surface area contributed by atoms with E-state index < -0.39 is 11.9 Å². The van der Waals surface area contributed by atoms with Gasteiger partial charge in [0.25, 0.3) is 5.91 Å². The number of aliphatic hydroxyl groups is 1. The quantitative estimate of drug-likeness (QED) is 0.728. The molecule has 1 aromatic carbocycles. The van der Waals surface area contributed by atoms with Crippen LogP contribution in [0.3, 0.4) is 0 Å². The van der Waals surface area contributed by atoms with Crippen molar-refractivity contribution in [2.75, 3.05) is 5.73 Å². The minimum atomic E-state index is -0.568. The Morgan fingerprint density at radius 2 is 2.11 bits per heavy atom. The van der Waals surface area contributed by atoms with Crippen LogP contribution in [0, 0.1) is 5.82 Å². The van der Waals surface area contributed by atoms with Crippen molar-refractivity contribution in [1.82, 2.24) is 5.32 Å². The fourth-order valence-corrected chi connectivity index (χ4v) is 2.76. The van der Waals surface area contributed by atoms with E-state index in [9.17, 15) is 14.3 Å². The maximum Gasteiger partial charge on any atom is 0.252 e. The van der Waals surface area contributed by atoms with Crippen molar-refractivity contribution in [1.29, 1.82) is 0 Å². The molecular formula is C13H16BrFN2O2. The first-order valence-corrected chi connectivity index (χ1v) is 7.02. The molecule has 0 bridgehead atoms. The van der Waals surface area contributed by atoms with Gasteiger partial charge in [0.2, 0.25) is 0 Å². The van der Waals surface area contributed by atoms with Gasteiger partial charge >= 0.3 is 0 Å². The number of hydrogen-bond donors (Lipinski definition) is 3. The zero-order valence-electron chi connectivity index (χ0n) is 10.3. The first kappa shape index (κ1) is 14.3. The molecule has 1 aliphatic rings. The van der Waals surface area contributed by atoms with E-state index in [1.807, 2.05) is 0 Å². The van der Waals surface area contributed by atoms with Gasteiger partial charge in [-0.1, -0.05) is 12.8 Å². The molecule has 0 radical (unpaired) electrons. The number of nitrogens with two attached hydrogens (primary N) is 1. The molecule has 4 nitrogen and oxygen atoms in total. The minimum absolute atomic E-state index is 0.0717. The molecule has 1 aliphatic carbocycles. The Morgan fingerprint density at radius 1 is 1.42 bits per heavy atom. The van der Waals surface area contributed by atoms with Gasteiger partial charge in [-0.2, -0.15) is 0 Å². The van der Waals surface area contributed by atoms with E-state index in [1.165, 1.54) is 12.1 Å². The van der Waals surface area contributed by atoms with E-state index in [0.29, 0.717) is 10.9 Å². The highest BCUT2D eigenvalue weighted by Gasteiger charge is 2.25. The number of aliphatic hydroxyl groups excluding tert-OH is 1. The number of benzene rings is 1. The molecule has 1 aromatic rings. The molecule has 1 amide bonds. The second-order valence-corrected chi connectivity index (χ2v) is 5.64. The van der Waals surface area contributed by atoms with E-state index in [1.54, 1.807) is 0 Å². The molecule has 2 atom stereocenters. The molecule has 0 aliphatic heterocycles. The first-order valence-electron chi connectivity index (χ1n) is 6.22. The van der Waals surface area contributed by atoms with E-state index in [-0.39, 0.29) is 23.2 Å². The van der Waals surface area contributed by atoms with E-state index in [0.717, 1.165) is 19.3 Å². The van der Waals surface area contributed by atoms with Crippen molar-refractivity contribution < 1.29 is 14.3 Å². The zero-order valence-corrected chi connectivity index (χ0v) is 11.9. The van der Waals surface area contributed by atoms with Crippen LogP contribution >= 0.6 is 15.9 Å². The fourth-order valence-electron chi connectivity index (χ4n) is 2.27. The van der Waals surface area contributed by atoms with Crippen LogP contribution in [0.15, 0.2) is 16.6 Å². The minimum Gasteiger partial charge on any atom is -0.396 e. The van der Waals surface area contributed by atoms with Crippen LogP contribution in [0.2, 0.25) is 0 Å². The third-order valence-electron chi connectivity index (χ3n) is 3.38. The number of carbonyl (C=O) groups excluding carboxylic acids is 1. The standard InChI is InChI=1S/C13H16BrFN2O2/c14-8-6-9(15)10(16)5-7(8)13(19)17-11-3-1-2-4-12(11)18/h5-6,11-12,18H,1-4,16H2,(H,17,19)/t11-,12-/m0/s1. The van der Waals surface area contributed by atoms with Gasteiger partial charge in [0.1, 0.15) is 5.82 Å². The highest BCUT2D eigenvalue weighted by atomic mass is 79.9. The largest absolute Gasteiger partial charge is 0.396 e. The molecule has 0 aromatic heterocycles. The van der Waals surface area contributed by atoms with E-state index >= 15 is 0 Å². The average Bonchev–Trinajstić information content (AvgIpc) is 2.36. The van der Waals surface area contributed by atoms with Crippen LogP contribution in [0.5, 0.6) is 0 Å². The second-order valence-electron chi connectivity index (χ2n) is 4.79. The Morgan fingerprint density at radius 3 is 2.79 bits per heavy atom. The summed E-state index contributed by atoms with van der Waals surface area (Å²) in [6.45, 7) is 0. The van der Waals surface area contributed by atoms with Crippen LogP contribution in [0.4, 0.5) is 10.1 Å². The lowest BCUT2D eigenvalue weighted by atomic mass is 9.92.